The fourth-order valence-electron chi connectivity index (χ4n) is 1.38. The van der Waals surface area contributed by atoms with Crippen LogP contribution >= 0.6 is 0 Å². The van der Waals surface area contributed by atoms with Crippen molar-refractivity contribution in [3.8, 4) is 11.5 Å². The largest absolute Gasteiger partial charge is 0.483 e. The van der Waals surface area contributed by atoms with E-state index in [0.717, 1.165) is 17.9 Å². The molecule has 1 aliphatic rings. The molecule has 0 fully saturated rings. The number of ether oxygens (including phenoxy) is 3. The number of para-hydroxylation sites is 2. The van der Waals surface area contributed by atoms with Gasteiger partial charge in [-0.2, -0.15) is 0 Å². The lowest BCUT2D eigenvalue weighted by Gasteiger charge is -2.26. The van der Waals surface area contributed by atoms with Crippen LogP contribution in [0.15, 0.2) is 24.3 Å². The molecule has 0 bridgehead atoms. The van der Waals surface area contributed by atoms with Crippen LogP contribution in [-0.4, -0.2) is 26.0 Å². The van der Waals surface area contributed by atoms with Crippen LogP contribution in [0.2, 0.25) is 0 Å². The Morgan fingerprint density at radius 1 is 1.33 bits per heavy atom. The molecule has 2 rings (SSSR count). The Morgan fingerprint density at radius 2 is 2.13 bits per heavy atom. The first-order valence-electron chi connectivity index (χ1n) is 5.10. The molecule has 1 atom stereocenters. The first kappa shape index (κ1) is 10.3. The van der Waals surface area contributed by atoms with Gasteiger partial charge < -0.3 is 19.9 Å². The average Bonchev–Trinajstić information content (AvgIpc) is 2.29. The van der Waals surface area contributed by atoms with Gasteiger partial charge in [-0.15, -0.1) is 0 Å². The van der Waals surface area contributed by atoms with E-state index < -0.39 is 0 Å². The number of hydrogen-bond acceptors (Lipinski definition) is 4. The van der Waals surface area contributed by atoms with Gasteiger partial charge in [0.15, 0.2) is 18.1 Å². The van der Waals surface area contributed by atoms with Gasteiger partial charge in [0.2, 0.25) is 6.29 Å². The van der Waals surface area contributed by atoms with Crippen LogP contribution < -0.4 is 15.2 Å². The summed E-state index contributed by atoms with van der Waals surface area (Å²) in [5, 5.41) is 0. The third-order valence-electron chi connectivity index (χ3n) is 2.13. The molecule has 0 aliphatic carbocycles. The quantitative estimate of drug-likeness (QED) is 0.756. The summed E-state index contributed by atoms with van der Waals surface area (Å²) in [6.07, 6.45) is 0.521. The van der Waals surface area contributed by atoms with E-state index in [1.165, 1.54) is 0 Å². The molecule has 0 spiro atoms. The minimum atomic E-state index is -0.313. The Balaban J connectivity index is 1.88. The molecule has 1 aromatic carbocycles. The third kappa shape index (κ3) is 2.61. The molecule has 1 heterocycles. The van der Waals surface area contributed by atoms with Gasteiger partial charge in [-0.3, -0.25) is 0 Å². The molecule has 0 radical (unpaired) electrons. The molecule has 1 unspecified atom stereocenters. The molecule has 82 valence electrons. The lowest BCUT2D eigenvalue weighted by atomic mass is 10.3. The molecule has 0 amide bonds. The second kappa shape index (κ2) is 5.00. The molecule has 1 aromatic rings. The van der Waals surface area contributed by atoms with Crippen LogP contribution in [0.1, 0.15) is 6.42 Å². The number of nitrogens with two attached hydrogens (primary N) is 1. The topological polar surface area (TPSA) is 53.7 Å². The predicted octanol–water partition coefficient (Wildman–Crippen LogP) is 1.15. The summed E-state index contributed by atoms with van der Waals surface area (Å²) in [7, 11) is 0. The third-order valence-corrected chi connectivity index (χ3v) is 2.13. The molecule has 4 heteroatoms. The van der Waals surface area contributed by atoms with Gasteiger partial charge in [0.25, 0.3) is 0 Å². The smallest absolute Gasteiger partial charge is 0.234 e. The Kier molecular flexibility index (Phi) is 3.42. The van der Waals surface area contributed by atoms with Crippen LogP contribution in [0.5, 0.6) is 11.5 Å². The first-order chi connectivity index (χ1) is 7.40. The fourth-order valence-corrected chi connectivity index (χ4v) is 1.38. The fraction of sp³-hybridized carbons (Fsp3) is 0.455. The highest BCUT2D eigenvalue weighted by Gasteiger charge is 2.20. The number of fused-ring (bicyclic) bond motifs is 1. The lowest BCUT2D eigenvalue weighted by Crippen LogP contribution is -2.32. The normalized spacial score (nSPS) is 18.9. The van der Waals surface area contributed by atoms with Crippen LogP contribution in [0.4, 0.5) is 0 Å². The summed E-state index contributed by atoms with van der Waals surface area (Å²) in [4.78, 5) is 0. The summed E-state index contributed by atoms with van der Waals surface area (Å²) in [6, 6.07) is 7.57. The Morgan fingerprint density at radius 3 is 2.93 bits per heavy atom. The zero-order valence-electron chi connectivity index (χ0n) is 8.52. The van der Waals surface area contributed by atoms with Gasteiger partial charge >= 0.3 is 0 Å². The van der Waals surface area contributed by atoms with Crippen molar-refractivity contribution in [1.82, 2.24) is 0 Å². The maximum absolute atomic E-state index is 5.59. The summed E-state index contributed by atoms with van der Waals surface area (Å²) in [5.74, 6) is 1.51. The standard InChI is InChI=1S/C11H15NO3/c12-6-3-7-13-11-8-14-9-4-1-2-5-10(9)15-11/h1-2,4-5,11H,3,6-8,12H2. The van der Waals surface area contributed by atoms with Gasteiger partial charge in [-0.1, -0.05) is 12.1 Å². The van der Waals surface area contributed by atoms with Crippen molar-refractivity contribution in [2.75, 3.05) is 19.8 Å². The van der Waals surface area contributed by atoms with Crippen molar-refractivity contribution in [2.45, 2.75) is 12.7 Å². The second-order valence-corrected chi connectivity index (χ2v) is 3.32. The molecular weight excluding hydrogens is 194 g/mol. The number of hydrogen-bond donors (Lipinski definition) is 1. The summed E-state index contributed by atoms with van der Waals surface area (Å²) in [5.41, 5.74) is 5.37. The lowest BCUT2D eigenvalue weighted by molar-refractivity contribution is -0.116. The number of benzene rings is 1. The minimum absolute atomic E-state index is 0.313. The minimum Gasteiger partial charge on any atom is -0.483 e. The molecule has 15 heavy (non-hydrogen) atoms. The van der Waals surface area contributed by atoms with Gasteiger partial charge in [-0.25, -0.2) is 0 Å². The predicted molar refractivity (Wildman–Crippen MR) is 56.0 cm³/mol. The van der Waals surface area contributed by atoms with E-state index in [4.69, 9.17) is 19.9 Å². The summed E-state index contributed by atoms with van der Waals surface area (Å²) < 4.78 is 16.5. The van der Waals surface area contributed by atoms with E-state index >= 15 is 0 Å². The molecule has 0 saturated carbocycles. The van der Waals surface area contributed by atoms with Gasteiger partial charge in [-0.05, 0) is 25.1 Å². The van der Waals surface area contributed by atoms with Gasteiger partial charge in [0.1, 0.15) is 0 Å². The highest BCUT2D eigenvalue weighted by Crippen LogP contribution is 2.30. The average molecular weight is 209 g/mol. The van der Waals surface area contributed by atoms with Crippen molar-refractivity contribution in [3.05, 3.63) is 24.3 Å². The van der Waals surface area contributed by atoms with E-state index in [0.29, 0.717) is 19.8 Å². The molecule has 4 nitrogen and oxygen atoms in total. The Hall–Kier alpha value is -1.26. The van der Waals surface area contributed by atoms with Crippen molar-refractivity contribution in [3.63, 3.8) is 0 Å². The highest BCUT2D eigenvalue weighted by molar-refractivity contribution is 5.40. The molecule has 2 N–H and O–H groups in total. The van der Waals surface area contributed by atoms with E-state index in [1.807, 2.05) is 24.3 Å². The second-order valence-electron chi connectivity index (χ2n) is 3.32. The maximum Gasteiger partial charge on any atom is 0.234 e. The van der Waals surface area contributed by atoms with Gasteiger partial charge in [0.05, 0.1) is 6.61 Å². The monoisotopic (exact) mass is 209 g/mol. The Labute approximate surface area is 88.9 Å². The Bertz CT molecular complexity index is 316. The molecule has 1 aliphatic heterocycles. The van der Waals surface area contributed by atoms with Crippen molar-refractivity contribution in [2.24, 2.45) is 5.73 Å². The van der Waals surface area contributed by atoms with Crippen LogP contribution in [0.3, 0.4) is 0 Å². The molecule has 0 aromatic heterocycles. The van der Waals surface area contributed by atoms with E-state index in [1.54, 1.807) is 0 Å². The van der Waals surface area contributed by atoms with Crippen LogP contribution in [0.25, 0.3) is 0 Å². The highest BCUT2D eigenvalue weighted by atomic mass is 16.7. The van der Waals surface area contributed by atoms with Crippen molar-refractivity contribution < 1.29 is 14.2 Å². The van der Waals surface area contributed by atoms with Gasteiger partial charge in [0, 0.05) is 0 Å². The van der Waals surface area contributed by atoms with E-state index in [-0.39, 0.29) is 6.29 Å². The summed E-state index contributed by atoms with van der Waals surface area (Å²) >= 11 is 0. The van der Waals surface area contributed by atoms with Crippen LogP contribution in [0, 0.1) is 0 Å². The first-order valence-corrected chi connectivity index (χ1v) is 5.10. The van der Waals surface area contributed by atoms with E-state index in [2.05, 4.69) is 0 Å². The van der Waals surface area contributed by atoms with E-state index in [9.17, 15) is 0 Å². The molecule has 0 saturated heterocycles. The zero-order chi connectivity index (χ0) is 10.5. The SMILES string of the molecule is NCCCOC1COc2ccccc2O1. The maximum atomic E-state index is 5.59. The van der Waals surface area contributed by atoms with Crippen LogP contribution in [-0.2, 0) is 4.74 Å². The number of rotatable bonds is 4. The zero-order valence-corrected chi connectivity index (χ0v) is 8.52. The molecular formula is C11H15NO3. The summed E-state index contributed by atoms with van der Waals surface area (Å²) in [6.45, 7) is 1.67. The van der Waals surface area contributed by atoms with Crippen molar-refractivity contribution in [1.29, 1.82) is 0 Å². The van der Waals surface area contributed by atoms with Crippen molar-refractivity contribution >= 4 is 0 Å².